The Balaban J connectivity index is 2.56. The molecule has 0 bridgehead atoms. The summed E-state index contributed by atoms with van der Waals surface area (Å²) in [6, 6.07) is 0.918. The third kappa shape index (κ3) is 2.24. The van der Waals surface area contributed by atoms with Gasteiger partial charge in [0.05, 0.1) is 6.04 Å². The summed E-state index contributed by atoms with van der Waals surface area (Å²) in [6.45, 7) is 6.27. The smallest absolute Gasteiger partial charge is 0.0711 e. The molecular weight excluding hydrogens is 160 g/mol. The summed E-state index contributed by atoms with van der Waals surface area (Å²) in [7, 11) is 0. The Morgan fingerprint density at radius 2 is 2.38 bits per heavy atom. The third-order valence-corrected chi connectivity index (χ3v) is 3.02. The second kappa shape index (κ2) is 4.64. The largest absolute Gasteiger partial charge is 0.330 e. The van der Waals surface area contributed by atoms with Gasteiger partial charge < -0.3 is 5.73 Å². The monoisotopic (exact) mass is 180 g/mol. The van der Waals surface area contributed by atoms with Crippen LogP contribution in [0.1, 0.15) is 26.7 Å². The third-order valence-electron chi connectivity index (χ3n) is 3.02. The number of nitrogens with zero attached hydrogens (tertiary/aromatic N) is 1. The Morgan fingerprint density at radius 1 is 1.69 bits per heavy atom. The van der Waals surface area contributed by atoms with Crippen LogP contribution in [0.25, 0.3) is 0 Å². The Labute approximate surface area is 81.5 Å². The first-order valence-corrected chi connectivity index (χ1v) is 5.14. The number of rotatable bonds is 3. The van der Waals surface area contributed by atoms with Crippen molar-refractivity contribution in [3.8, 4) is 12.3 Å². The van der Waals surface area contributed by atoms with Gasteiger partial charge in [0, 0.05) is 12.6 Å². The second-order valence-electron chi connectivity index (χ2n) is 3.97. The lowest BCUT2D eigenvalue weighted by Gasteiger charge is -2.26. The van der Waals surface area contributed by atoms with E-state index in [0.717, 1.165) is 19.5 Å². The minimum Gasteiger partial charge on any atom is -0.330 e. The standard InChI is InChI=1S/C11H20N2/c1-4-11(5-2)13-8-10(7-12)6-9(13)3/h1,9-11H,5-8,12H2,2-3H3. The molecule has 2 N–H and O–H groups in total. The van der Waals surface area contributed by atoms with Gasteiger partial charge in [-0.3, -0.25) is 4.90 Å². The molecule has 2 nitrogen and oxygen atoms in total. The number of nitrogens with two attached hydrogens (primary N) is 1. The average molecular weight is 180 g/mol. The van der Waals surface area contributed by atoms with Crippen molar-refractivity contribution in [3.63, 3.8) is 0 Å². The molecule has 1 fully saturated rings. The average Bonchev–Trinajstić information content (AvgIpc) is 2.50. The lowest BCUT2D eigenvalue weighted by Crippen LogP contribution is -2.36. The molecule has 0 aromatic rings. The first kappa shape index (κ1) is 10.6. The van der Waals surface area contributed by atoms with Crippen LogP contribution in [0.2, 0.25) is 0 Å². The van der Waals surface area contributed by atoms with Crippen LogP contribution in [0.15, 0.2) is 0 Å². The van der Waals surface area contributed by atoms with Crippen molar-refractivity contribution in [2.45, 2.75) is 38.8 Å². The predicted molar refractivity (Wildman–Crippen MR) is 56.2 cm³/mol. The molecule has 1 rings (SSSR count). The molecule has 0 radical (unpaired) electrons. The van der Waals surface area contributed by atoms with Crippen molar-refractivity contribution in [2.24, 2.45) is 11.7 Å². The van der Waals surface area contributed by atoms with Crippen LogP contribution < -0.4 is 5.73 Å². The molecule has 1 aliphatic heterocycles. The van der Waals surface area contributed by atoms with Gasteiger partial charge in [0.15, 0.2) is 0 Å². The zero-order chi connectivity index (χ0) is 9.84. The van der Waals surface area contributed by atoms with Crippen molar-refractivity contribution in [3.05, 3.63) is 0 Å². The second-order valence-corrected chi connectivity index (χ2v) is 3.97. The van der Waals surface area contributed by atoms with E-state index in [9.17, 15) is 0 Å². The lowest BCUT2D eigenvalue weighted by molar-refractivity contribution is 0.221. The van der Waals surface area contributed by atoms with Gasteiger partial charge in [0.25, 0.3) is 0 Å². The highest BCUT2D eigenvalue weighted by molar-refractivity contribution is 5.02. The maximum absolute atomic E-state index is 5.66. The van der Waals surface area contributed by atoms with Gasteiger partial charge in [0.2, 0.25) is 0 Å². The maximum Gasteiger partial charge on any atom is 0.0711 e. The van der Waals surface area contributed by atoms with E-state index in [1.54, 1.807) is 0 Å². The van der Waals surface area contributed by atoms with Gasteiger partial charge in [0.1, 0.15) is 0 Å². The summed E-state index contributed by atoms with van der Waals surface area (Å²) < 4.78 is 0. The van der Waals surface area contributed by atoms with Gasteiger partial charge >= 0.3 is 0 Å². The highest BCUT2D eigenvalue weighted by Gasteiger charge is 2.31. The lowest BCUT2D eigenvalue weighted by atomic mass is 10.1. The maximum atomic E-state index is 5.66. The molecule has 13 heavy (non-hydrogen) atoms. The van der Waals surface area contributed by atoms with Crippen LogP contribution >= 0.6 is 0 Å². The number of hydrogen-bond donors (Lipinski definition) is 1. The summed E-state index contributed by atoms with van der Waals surface area (Å²) in [4.78, 5) is 2.41. The van der Waals surface area contributed by atoms with Gasteiger partial charge in [-0.25, -0.2) is 0 Å². The zero-order valence-electron chi connectivity index (χ0n) is 8.66. The van der Waals surface area contributed by atoms with E-state index in [-0.39, 0.29) is 0 Å². The van der Waals surface area contributed by atoms with Crippen LogP contribution in [-0.2, 0) is 0 Å². The van der Waals surface area contributed by atoms with Gasteiger partial charge in [-0.15, -0.1) is 6.42 Å². The van der Waals surface area contributed by atoms with Crippen molar-refractivity contribution in [2.75, 3.05) is 13.1 Å². The van der Waals surface area contributed by atoms with E-state index in [2.05, 4.69) is 24.7 Å². The van der Waals surface area contributed by atoms with Crippen molar-refractivity contribution >= 4 is 0 Å². The van der Waals surface area contributed by atoms with Crippen molar-refractivity contribution in [1.82, 2.24) is 4.90 Å². The summed E-state index contributed by atoms with van der Waals surface area (Å²) in [6.07, 6.45) is 7.73. The molecular formula is C11H20N2. The molecule has 0 aromatic heterocycles. The van der Waals surface area contributed by atoms with Gasteiger partial charge in [-0.05, 0) is 32.2 Å². The predicted octanol–water partition coefficient (Wildman–Crippen LogP) is 1.07. The molecule has 0 amide bonds. The molecule has 2 heteroatoms. The Bertz CT molecular complexity index is 195. The number of hydrogen-bond acceptors (Lipinski definition) is 2. The molecule has 3 atom stereocenters. The zero-order valence-corrected chi connectivity index (χ0v) is 8.66. The first-order valence-electron chi connectivity index (χ1n) is 5.14. The fourth-order valence-electron chi connectivity index (χ4n) is 2.22. The SMILES string of the molecule is C#CC(CC)N1CC(CN)CC1C. The van der Waals surface area contributed by atoms with Crippen LogP contribution in [0.5, 0.6) is 0 Å². The van der Waals surface area contributed by atoms with E-state index in [4.69, 9.17) is 12.2 Å². The highest BCUT2D eigenvalue weighted by Crippen LogP contribution is 2.24. The molecule has 1 aliphatic rings. The Morgan fingerprint density at radius 3 is 2.77 bits per heavy atom. The minimum atomic E-state index is 0.312. The fraction of sp³-hybridized carbons (Fsp3) is 0.818. The summed E-state index contributed by atoms with van der Waals surface area (Å²) in [5.41, 5.74) is 5.66. The summed E-state index contributed by atoms with van der Waals surface area (Å²) >= 11 is 0. The van der Waals surface area contributed by atoms with E-state index >= 15 is 0 Å². The van der Waals surface area contributed by atoms with Crippen LogP contribution in [-0.4, -0.2) is 30.1 Å². The molecule has 0 aliphatic carbocycles. The highest BCUT2D eigenvalue weighted by atomic mass is 15.2. The van der Waals surface area contributed by atoms with Gasteiger partial charge in [-0.1, -0.05) is 12.8 Å². The molecule has 1 heterocycles. The topological polar surface area (TPSA) is 29.3 Å². The molecule has 0 aromatic carbocycles. The molecule has 0 saturated carbocycles. The van der Waals surface area contributed by atoms with Crippen LogP contribution in [0.3, 0.4) is 0 Å². The molecule has 74 valence electrons. The van der Waals surface area contributed by atoms with Gasteiger partial charge in [-0.2, -0.15) is 0 Å². The Kier molecular flexibility index (Phi) is 3.77. The van der Waals surface area contributed by atoms with Crippen molar-refractivity contribution in [1.29, 1.82) is 0 Å². The summed E-state index contributed by atoms with van der Waals surface area (Å²) in [5.74, 6) is 3.50. The normalized spacial score (nSPS) is 31.5. The van der Waals surface area contributed by atoms with E-state index in [0.29, 0.717) is 18.0 Å². The Hall–Kier alpha value is -0.520. The van der Waals surface area contributed by atoms with Crippen molar-refractivity contribution < 1.29 is 0 Å². The van der Waals surface area contributed by atoms with Crippen LogP contribution in [0.4, 0.5) is 0 Å². The van der Waals surface area contributed by atoms with Crippen LogP contribution in [0, 0.1) is 18.3 Å². The summed E-state index contributed by atoms with van der Waals surface area (Å²) in [5, 5.41) is 0. The van der Waals surface area contributed by atoms with E-state index in [1.807, 2.05) is 0 Å². The number of terminal acetylenes is 1. The number of likely N-dealkylation sites (tertiary alicyclic amines) is 1. The fourth-order valence-corrected chi connectivity index (χ4v) is 2.22. The molecule has 3 unspecified atom stereocenters. The first-order chi connectivity index (χ1) is 6.22. The quantitative estimate of drug-likeness (QED) is 0.658. The molecule has 1 saturated heterocycles. The van der Waals surface area contributed by atoms with E-state index < -0.39 is 0 Å². The van der Waals surface area contributed by atoms with E-state index in [1.165, 1.54) is 6.42 Å². The molecule has 0 spiro atoms. The minimum absolute atomic E-state index is 0.312.